The molecule has 0 bridgehead atoms. The number of benzene rings is 2. The molecule has 102 valence electrons. The van der Waals surface area contributed by atoms with Crippen LogP contribution in [0, 0.1) is 6.92 Å². The quantitative estimate of drug-likeness (QED) is 0.760. The summed E-state index contributed by atoms with van der Waals surface area (Å²) in [5, 5.41) is 8.38. The number of rotatable bonds is 3. The number of anilines is 1. The number of carbonyl (C=O) groups excluding carboxylic acids is 1. The van der Waals surface area contributed by atoms with Crippen LogP contribution in [0.3, 0.4) is 0 Å². The highest BCUT2D eigenvalue weighted by atomic mass is 16.2. The van der Waals surface area contributed by atoms with Crippen molar-refractivity contribution in [3.05, 3.63) is 54.1 Å². The number of carbonyl (C=O) groups is 1. The highest BCUT2D eigenvalue weighted by Crippen LogP contribution is 2.22. The zero-order chi connectivity index (χ0) is 14.5. The molecular weight excluding hydrogens is 250 g/mol. The van der Waals surface area contributed by atoms with Crippen molar-refractivity contribution in [3.8, 4) is 0 Å². The molecule has 0 saturated heterocycles. The Kier molecular flexibility index (Phi) is 4.25. The monoisotopic (exact) mass is 267 g/mol. The summed E-state index contributed by atoms with van der Waals surface area (Å²) >= 11 is 0. The Morgan fingerprint density at radius 2 is 1.65 bits per heavy atom. The minimum Gasteiger partial charge on any atom is -0.316 e. The second-order valence-corrected chi connectivity index (χ2v) is 4.63. The lowest BCUT2D eigenvalue weighted by atomic mass is 10.2. The Hall–Kier alpha value is -2.49. The van der Waals surface area contributed by atoms with E-state index in [1.807, 2.05) is 55.5 Å². The highest BCUT2D eigenvalue weighted by molar-refractivity contribution is 5.90. The third kappa shape index (κ3) is 3.51. The number of aryl methyl sites for hydroxylation is 1. The van der Waals surface area contributed by atoms with Crippen LogP contribution in [-0.4, -0.2) is 13.0 Å². The maximum Gasteiger partial charge on any atom is 0.223 e. The fourth-order valence-corrected chi connectivity index (χ4v) is 1.73. The lowest BCUT2D eigenvalue weighted by molar-refractivity contribution is -0.116. The van der Waals surface area contributed by atoms with Gasteiger partial charge in [0.1, 0.15) is 0 Å². The Morgan fingerprint density at radius 1 is 1.00 bits per heavy atom. The molecule has 0 unspecified atom stereocenters. The number of hydrogen-bond acceptors (Lipinski definition) is 3. The number of amides is 1. The van der Waals surface area contributed by atoms with Crippen LogP contribution in [0.15, 0.2) is 58.8 Å². The summed E-state index contributed by atoms with van der Waals surface area (Å²) in [6, 6.07) is 15.2. The molecule has 0 fully saturated rings. The predicted molar refractivity (Wildman–Crippen MR) is 80.9 cm³/mol. The summed E-state index contributed by atoms with van der Waals surface area (Å²) in [5.41, 5.74) is 3.58. The lowest BCUT2D eigenvalue weighted by Gasteiger charge is -2.14. The standard InChI is InChI=1S/C16H17N3O/c1-12-5-4-6-15(11-12)18-17-14-7-9-16(10-8-14)19(3)13(2)20/h4-11H,1-3H3. The molecule has 1 amide bonds. The van der Waals surface area contributed by atoms with Gasteiger partial charge in [-0.3, -0.25) is 4.79 Å². The molecule has 2 rings (SSSR count). The van der Waals surface area contributed by atoms with Crippen molar-refractivity contribution in [2.75, 3.05) is 11.9 Å². The third-order valence-corrected chi connectivity index (χ3v) is 2.99. The summed E-state index contributed by atoms with van der Waals surface area (Å²) < 4.78 is 0. The van der Waals surface area contributed by atoms with Crippen LogP contribution >= 0.6 is 0 Å². The van der Waals surface area contributed by atoms with Crippen LogP contribution in [0.25, 0.3) is 0 Å². The van der Waals surface area contributed by atoms with Crippen molar-refractivity contribution >= 4 is 23.0 Å². The van der Waals surface area contributed by atoms with Gasteiger partial charge in [-0.25, -0.2) is 0 Å². The van der Waals surface area contributed by atoms with E-state index in [9.17, 15) is 4.79 Å². The summed E-state index contributed by atoms with van der Waals surface area (Å²) in [5.74, 6) is -0.000799. The Balaban J connectivity index is 2.13. The molecule has 4 heteroatoms. The minimum absolute atomic E-state index is 0.000799. The van der Waals surface area contributed by atoms with Gasteiger partial charge in [-0.05, 0) is 48.9 Å². The van der Waals surface area contributed by atoms with E-state index in [2.05, 4.69) is 10.2 Å². The van der Waals surface area contributed by atoms with Crippen molar-refractivity contribution in [1.82, 2.24) is 0 Å². The maximum absolute atomic E-state index is 11.3. The number of azo groups is 1. The fourth-order valence-electron chi connectivity index (χ4n) is 1.73. The van der Waals surface area contributed by atoms with Gasteiger partial charge >= 0.3 is 0 Å². The van der Waals surface area contributed by atoms with E-state index < -0.39 is 0 Å². The minimum atomic E-state index is -0.000799. The average molecular weight is 267 g/mol. The molecule has 2 aromatic carbocycles. The van der Waals surface area contributed by atoms with E-state index in [4.69, 9.17) is 0 Å². The van der Waals surface area contributed by atoms with Crippen molar-refractivity contribution < 1.29 is 4.79 Å². The van der Waals surface area contributed by atoms with Gasteiger partial charge in [0, 0.05) is 19.7 Å². The first-order chi connectivity index (χ1) is 9.56. The zero-order valence-corrected chi connectivity index (χ0v) is 11.9. The van der Waals surface area contributed by atoms with E-state index in [1.54, 1.807) is 11.9 Å². The van der Waals surface area contributed by atoms with Crippen LogP contribution in [0.2, 0.25) is 0 Å². The van der Waals surface area contributed by atoms with Crippen LogP contribution in [0.1, 0.15) is 12.5 Å². The summed E-state index contributed by atoms with van der Waals surface area (Å²) in [6.07, 6.45) is 0. The van der Waals surface area contributed by atoms with Gasteiger partial charge in [0.15, 0.2) is 0 Å². The van der Waals surface area contributed by atoms with Crippen LogP contribution < -0.4 is 4.90 Å². The third-order valence-electron chi connectivity index (χ3n) is 2.99. The Bertz CT molecular complexity index is 632. The molecule has 0 aromatic heterocycles. The number of nitrogens with zero attached hydrogens (tertiary/aromatic N) is 3. The Labute approximate surface area is 118 Å². The van der Waals surface area contributed by atoms with Gasteiger partial charge < -0.3 is 4.90 Å². The van der Waals surface area contributed by atoms with Crippen LogP contribution in [0.4, 0.5) is 17.1 Å². The van der Waals surface area contributed by atoms with Crippen LogP contribution in [0.5, 0.6) is 0 Å². The fraction of sp³-hybridized carbons (Fsp3) is 0.188. The van der Waals surface area contributed by atoms with E-state index in [-0.39, 0.29) is 5.91 Å². The molecule has 4 nitrogen and oxygen atoms in total. The topological polar surface area (TPSA) is 45.0 Å². The average Bonchev–Trinajstić information content (AvgIpc) is 2.45. The van der Waals surface area contributed by atoms with Crippen LogP contribution in [-0.2, 0) is 4.79 Å². The summed E-state index contributed by atoms with van der Waals surface area (Å²) in [7, 11) is 1.74. The van der Waals surface area contributed by atoms with Crippen molar-refractivity contribution in [2.45, 2.75) is 13.8 Å². The SMILES string of the molecule is CC(=O)N(C)c1ccc(N=Nc2cccc(C)c2)cc1. The van der Waals surface area contributed by atoms with Crippen molar-refractivity contribution in [2.24, 2.45) is 10.2 Å². The second kappa shape index (κ2) is 6.10. The smallest absolute Gasteiger partial charge is 0.223 e. The first-order valence-corrected chi connectivity index (χ1v) is 6.39. The van der Waals surface area contributed by atoms with Gasteiger partial charge in [-0.1, -0.05) is 12.1 Å². The van der Waals surface area contributed by atoms with Crippen molar-refractivity contribution in [1.29, 1.82) is 0 Å². The molecule has 0 aliphatic rings. The molecular formula is C16H17N3O. The summed E-state index contributed by atoms with van der Waals surface area (Å²) in [4.78, 5) is 12.8. The van der Waals surface area contributed by atoms with Gasteiger partial charge in [-0.2, -0.15) is 10.2 Å². The van der Waals surface area contributed by atoms with Gasteiger partial charge in [0.05, 0.1) is 11.4 Å². The van der Waals surface area contributed by atoms with Gasteiger partial charge in [-0.15, -0.1) is 0 Å². The molecule has 0 aliphatic carbocycles. The van der Waals surface area contributed by atoms with Gasteiger partial charge in [0.2, 0.25) is 5.91 Å². The summed E-state index contributed by atoms with van der Waals surface area (Å²) in [6.45, 7) is 3.55. The second-order valence-electron chi connectivity index (χ2n) is 4.63. The maximum atomic E-state index is 11.3. The van der Waals surface area contributed by atoms with E-state index in [0.29, 0.717) is 0 Å². The number of hydrogen-bond donors (Lipinski definition) is 0. The van der Waals surface area contributed by atoms with E-state index in [0.717, 1.165) is 22.6 Å². The lowest BCUT2D eigenvalue weighted by Crippen LogP contribution is -2.22. The zero-order valence-electron chi connectivity index (χ0n) is 11.9. The molecule has 20 heavy (non-hydrogen) atoms. The van der Waals surface area contributed by atoms with E-state index in [1.165, 1.54) is 6.92 Å². The van der Waals surface area contributed by atoms with Crippen molar-refractivity contribution in [3.63, 3.8) is 0 Å². The molecule has 0 spiro atoms. The largest absolute Gasteiger partial charge is 0.316 e. The Morgan fingerprint density at radius 3 is 2.25 bits per heavy atom. The molecule has 0 N–H and O–H groups in total. The first-order valence-electron chi connectivity index (χ1n) is 6.39. The molecule has 2 aromatic rings. The molecule has 0 saturated carbocycles. The molecule has 0 heterocycles. The first kappa shape index (κ1) is 13.9. The van der Waals surface area contributed by atoms with E-state index >= 15 is 0 Å². The molecule has 0 radical (unpaired) electrons. The molecule has 0 aliphatic heterocycles. The predicted octanol–water partition coefficient (Wildman–Crippen LogP) is 4.39. The molecule has 0 atom stereocenters. The highest BCUT2D eigenvalue weighted by Gasteiger charge is 2.04. The van der Waals surface area contributed by atoms with Gasteiger partial charge in [0.25, 0.3) is 0 Å². The normalized spacial score (nSPS) is 10.8.